The van der Waals surface area contributed by atoms with Crippen molar-refractivity contribution >= 4 is 62.6 Å². The van der Waals surface area contributed by atoms with Crippen LogP contribution in [0, 0.1) is 11.8 Å². The van der Waals surface area contributed by atoms with Crippen LogP contribution in [0.25, 0.3) is 39.3 Å². The molecule has 4 aromatic heterocycles. The molecule has 0 amide bonds. The zero-order valence-electron chi connectivity index (χ0n) is 31.0. The minimum atomic E-state index is -0.285. The van der Waals surface area contributed by atoms with Gasteiger partial charge in [-0.05, 0) is 81.8 Å². The standard InChI is InChI=1S/C42H40N12/c1-23(2)38-47-39-35-34-28(41(49-39)53-21-43-30-17-26(51-13-7-8-14-51)19-32(36(30)53)45-24(3)4)11-12-29(34)42(50-40(35)48-38)54-22-44-31-18-27(52-15-9-10-16-52)20-33(37(31)54)46-25(5)6/h7-25,35,45-46H,1-6H3. The molecule has 12 nitrogen and oxygen atoms in total. The number of dihydropyridines is 1. The smallest absolute Gasteiger partial charge is 0.148 e. The van der Waals surface area contributed by atoms with E-state index in [0.717, 1.165) is 73.2 Å². The molecular weight excluding hydrogens is 673 g/mol. The van der Waals surface area contributed by atoms with Gasteiger partial charge in [0.05, 0.1) is 33.4 Å². The predicted octanol–water partition coefficient (Wildman–Crippen LogP) is 8.10. The van der Waals surface area contributed by atoms with Gasteiger partial charge in [0.1, 0.15) is 47.7 Å². The molecule has 1 aliphatic carbocycles. The lowest BCUT2D eigenvalue weighted by Crippen LogP contribution is -2.38. The normalized spacial score (nSPS) is 17.6. The molecule has 1 unspecified atom stereocenters. The third kappa shape index (κ3) is 4.97. The molecule has 10 rings (SSSR count). The highest BCUT2D eigenvalue weighted by atomic mass is 15.2. The summed E-state index contributed by atoms with van der Waals surface area (Å²) in [6.07, 6.45) is 16.3. The summed E-state index contributed by atoms with van der Waals surface area (Å²) >= 11 is 0. The number of fused-ring (bicyclic) bond motifs is 2. The fraction of sp³-hybridized carbons (Fsp3) is 0.238. The monoisotopic (exact) mass is 712 g/mol. The summed E-state index contributed by atoms with van der Waals surface area (Å²) in [5.74, 6) is 3.44. The Bertz CT molecular complexity index is 2730. The van der Waals surface area contributed by atoms with Crippen molar-refractivity contribution in [2.24, 2.45) is 31.8 Å². The highest BCUT2D eigenvalue weighted by Crippen LogP contribution is 2.46. The van der Waals surface area contributed by atoms with Crippen molar-refractivity contribution in [2.75, 3.05) is 10.6 Å². The van der Waals surface area contributed by atoms with E-state index in [1.807, 2.05) is 61.7 Å². The molecule has 0 bridgehead atoms. The van der Waals surface area contributed by atoms with Crippen molar-refractivity contribution in [1.82, 2.24) is 28.2 Å². The molecule has 4 aliphatic rings. The fourth-order valence-electron chi connectivity index (χ4n) is 7.84. The van der Waals surface area contributed by atoms with Gasteiger partial charge in [0.25, 0.3) is 0 Å². The summed E-state index contributed by atoms with van der Waals surface area (Å²) in [5.41, 5.74) is 10.8. The number of amidine groups is 3. The summed E-state index contributed by atoms with van der Waals surface area (Å²) in [5, 5.41) is 7.39. The molecule has 0 fully saturated rings. The lowest BCUT2D eigenvalue weighted by atomic mass is 9.84. The predicted molar refractivity (Wildman–Crippen MR) is 218 cm³/mol. The van der Waals surface area contributed by atoms with E-state index in [9.17, 15) is 0 Å². The number of rotatable bonds is 8. The molecule has 0 radical (unpaired) electrons. The first kappa shape index (κ1) is 32.1. The van der Waals surface area contributed by atoms with Gasteiger partial charge in [-0.15, -0.1) is 0 Å². The van der Waals surface area contributed by atoms with E-state index < -0.39 is 0 Å². The lowest BCUT2D eigenvalue weighted by molar-refractivity contribution is 0.859. The van der Waals surface area contributed by atoms with Crippen LogP contribution in [-0.2, 0) is 0 Å². The zero-order chi connectivity index (χ0) is 36.8. The van der Waals surface area contributed by atoms with Crippen LogP contribution < -0.4 is 10.6 Å². The SMILES string of the molecule is CC(C)Nc1cc(-n2cccc2)cc2ncn(C3=NC4=NC(C(C)C)=NC5=NC(n6cnc7cc(-n8cccc8)cc(NC(C)C)c76)=C6C=CC3=C6C45)c12. The van der Waals surface area contributed by atoms with E-state index in [2.05, 4.69) is 107 Å². The molecule has 54 heavy (non-hydrogen) atoms. The number of hydrogen-bond donors (Lipinski definition) is 2. The molecule has 1 atom stereocenters. The summed E-state index contributed by atoms with van der Waals surface area (Å²) in [4.78, 5) is 30.7. The number of imidazole rings is 2. The Hall–Kier alpha value is -6.56. The van der Waals surface area contributed by atoms with Gasteiger partial charge in [-0.25, -0.2) is 29.9 Å². The van der Waals surface area contributed by atoms with Crippen molar-refractivity contribution in [3.8, 4) is 11.4 Å². The van der Waals surface area contributed by atoms with Crippen LogP contribution >= 0.6 is 0 Å². The van der Waals surface area contributed by atoms with E-state index in [0.29, 0.717) is 17.5 Å². The van der Waals surface area contributed by atoms with Gasteiger partial charge >= 0.3 is 0 Å². The molecule has 0 saturated carbocycles. The zero-order valence-corrected chi connectivity index (χ0v) is 31.0. The van der Waals surface area contributed by atoms with E-state index in [-0.39, 0.29) is 23.9 Å². The summed E-state index contributed by atoms with van der Waals surface area (Å²) in [6, 6.07) is 17.1. The average Bonchev–Trinajstić information content (AvgIpc) is 3.99. The Morgan fingerprint density at radius 1 is 0.593 bits per heavy atom. The Morgan fingerprint density at radius 3 is 1.70 bits per heavy atom. The maximum absolute atomic E-state index is 5.33. The average molecular weight is 713 g/mol. The third-order valence-corrected chi connectivity index (χ3v) is 10.1. The molecule has 2 N–H and O–H groups in total. The minimum Gasteiger partial charge on any atom is -0.381 e. The van der Waals surface area contributed by atoms with Gasteiger partial charge in [-0.3, -0.25) is 9.13 Å². The van der Waals surface area contributed by atoms with Crippen molar-refractivity contribution in [2.45, 2.75) is 53.6 Å². The van der Waals surface area contributed by atoms with E-state index >= 15 is 0 Å². The fourth-order valence-corrected chi connectivity index (χ4v) is 7.84. The van der Waals surface area contributed by atoms with Crippen LogP contribution in [0.2, 0.25) is 0 Å². The van der Waals surface area contributed by atoms with Crippen LogP contribution in [0.3, 0.4) is 0 Å². The van der Waals surface area contributed by atoms with Crippen LogP contribution in [-0.4, -0.2) is 63.7 Å². The molecule has 2 aromatic carbocycles. The molecule has 6 aromatic rings. The van der Waals surface area contributed by atoms with Crippen LogP contribution in [0.1, 0.15) is 41.5 Å². The Balaban J connectivity index is 1.19. The number of anilines is 2. The molecule has 7 heterocycles. The van der Waals surface area contributed by atoms with Gasteiger partial charge in [0.15, 0.2) is 0 Å². The molecular formula is C42H40N12. The summed E-state index contributed by atoms with van der Waals surface area (Å²) < 4.78 is 8.43. The lowest BCUT2D eigenvalue weighted by Gasteiger charge is -2.32. The highest BCUT2D eigenvalue weighted by molar-refractivity contribution is 6.29. The van der Waals surface area contributed by atoms with Crippen LogP contribution in [0.5, 0.6) is 0 Å². The number of allylic oxidation sites excluding steroid dienone is 4. The Labute approximate surface area is 312 Å². The minimum absolute atomic E-state index is 0.0803. The second-order valence-corrected chi connectivity index (χ2v) is 15.1. The maximum atomic E-state index is 5.33. The Kier molecular flexibility index (Phi) is 7.13. The number of hydrogen-bond acceptors (Lipinski definition) is 8. The van der Waals surface area contributed by atoms with Gasteiger partial charge in [0, 0.05) is 65.3 Å². The molecule has 12 heteroatoms. The number of aromatic nitrogens is 6. The van der Waals surface area contributed by atoms with Crippen molar-refractivity contribution in [3.63, 3.8) is 0 Å². The van der Waals surface area contributed by atoms with Crippen LogP contribution in [0.15, 0.2) is 135 Å². The van der Waals surface area contributed by atoms with Crippen molar-refractivity contribution < 1.29 is 0 Å². The molecule has 0 spiro atoms. The largest absolute Gasteiger partial charge is 0.381 e. The molecule has 3 aliphatic heterocycles. The second-order valence-electron chi connectivity index (χ2n) is 15.1. The van der Waals surface area contributed by atoms with Gasteiger partial charge in [-0.1, -0.05) is 26.0 Å². The third-order valence-electron chi connectivity index (χ3n) is 10.1. The van der Waals surface area contributed by atoms with E-state index in [4.69, 9.17) is 29.9 Å². The quantitative estimate of drug-likeness (QED) is 0.166. The molecule has 0 saturated heterocycles. The Morgan fingerprint density at radius 2 is 1.13 bits per heavy atom. The summed E-state index contributed by atoms with van der Waals surface area (Å²) in [7, 11) is 0. The van der Waals surface area contributed by atoms with Gasteiger partial charge in [0.2, 0.25) is 0 Å². The number of nitrogens with one attached hydrogen (secondary N) is 2. The van der Waals surface area contributed by atoms with E-state index in [1.54, 1.807) is 0 Å². The molecule has 268 valence electrons. The number of nitrogens with zero attached hydrogens (tertiary/aromatic N) is 10. The first-order valence-electron chi connectivity index (χ1n) is 18.6. The summed E-state index contributed by atoms with van der Waals surface area (Å²) in [6.45, 7) is 12.8. The van der Waals surface area contributed by atoms with E-state index in [1.165, 1.54) is 0 Å². The van der Waals surface area contributed by atoms with Gasteiger partial charge < -0.3 is 19.8 Å². The van der Waals surface area contributed by atoms with Gasteiger partial charge in [-0.2, -0.15) is 0 Å². The van der Waals surface area contributed by atoms with Crippen molar-refractivity contribution in [1.29, 1.82) is 0 Å². The number of aliphatic imine (C=N–C) groups is 4. The van der Waals surface area contributed by atoms with Crippen molar-refractivity contribution in [3.05, 3.63) is 115 Å². The second kappa shape index (κ2) is 12.0. The first-order valence-corrected chi connectivity index (χ1v) is 18.6. The maximum Gasteiger partial charge on any atom is 0.148 e. The number of benzene rings is 2. The highest BCUT2D eigenvalue weighted by Gasteiger charge is 2.44. The van der Waals surface area contributed by atoms with Crippen LogP contribution in [0.4, 0.5) is 11.4 Å². The topological polar surface area (TPSA) is 119 Å². The first-order chi connectivity index (χ1) is 26.2.